The molecule has 2 aromatic rings. The molecule has 2 aromatic carbocycles. The molecule has 186 valence electrons. The first-order valence-electron chi connectivity index (χ1n) is 11.0. The number of nitrogens with zero attached hydrogens (tertiary/aromatic N) is 2. The highest BCUT2D eigenvalue weighted by Crippen LogP contribution is 2.28. The Morgan fingerprint density at radius 1 is 1.12 bits per heavy atom. The van der Waals surface area contributed by atoms with Crippen LogP contribution in [0.5, 0.6) is 0 Å². The molecule has 2 rings (SSSR count). The Kier molecular flexibility index (Phi) is 9.88. The molecule has 7 nitrogen and oxygen atoms in total. The maximum Gasteiger partial charge on any atom is 0.244 e. The average molecular weight is 512 g/mol. The van der Waals surface area contributed by atoms with Crippen LogP contribution in [-0.2, 0) is 26.2 Å². The number of carbonyl (C=O) groups is 2. The zero-order valence-corrected chi connectivity index (χ0v) is 21.4. The summed E-state index contributed by atoms with van der Waals surface area (Å²) in [5.41, 5.74) is 1.41. The molecule has 0 fully saturated rings. The minimum Gasteiger partial charge on any atom is -0.354 e. The molecule has 1 N–H and O–H groups in total. The Morgan fingerprint density at radius 3 is 2.32 bits per heavy atom. The van der Waals surface area contributed by atoms with E-state index in [0.717, 1.165) is 17.0 Å². The highest BCUT2D eigenvalue weighted by Gasteiger charge is 2.32. The van der Waals surface area contributed by atoms with Gasteiger partial charge in [-0.1, -0.05) is 43.6 Å². The molecular formula is C24H31ClFN3O4S. The van der Waals surface area contributed by atoms with E-state index >= 15 is 0 Å². The number of anilines is 1. The minimum atomic E-state index is -3.85. The van der Waals surface area contributed by atoms with Crippen molar-refractivity contribution in [1.82, 2.24) is 10.2 Å². The summed E-state index contributed by atoms with van der Waals surface area (Å²) in [6, 6.07) is 9.59. The largest absolute Gasteiger partial charge is 0.354 e. The van der Waals surface area contributed by atoms with E-state index in [4.69, 9.17) is 11.6 Å². The Bertz CT molecular complexity index is 1110. The second kappa shape index (κ2) is 12.2. The van der Waals surface area contributed by atoms with Gasteiger partial charge in [-0.25, -0.2) is 12.8 Å². The summed E-state index contributed by atoms with van der Waals surface area (Å²) < 4.78 is 39.7. The maximum atomic E-state index is 13.6. The van der Waals surface area contributed by atoms with Crippen LogP contribution in [0.15, 0.2) is 42.5 Å². The lowest BCUT2D eigenvalue weighted by molar-refractivity contribution is -0.140. The van der Waals surface area contributed by atoms with Crippen LogP contribution in [0.3, 0.4) is 0 Å². The van der Waals surface area contributed by atoms with Crippen molar-refractivity contribution < 1.29 is 22.4 Å². The van der Waals surface area contributed by atoms with Crippen LogP contribution in [-0.4, -0.2) is 50.5 Å². The van der Waals surface area contributed by atoms with Crippen LogP contribution in [0, 0.1) is 12.7 Å². The molecule has 34 heavy (non-hydrogen) atoms. The van der Waals surface area contributed by atoms with Crippen molar-refractivity contribution in [2.24, 2.45) is 0 Å². The molecule has 0 aliphatic heterocycles. The van der Waals surface area contributed by atoms with Crippen LogP contribution in [0.2, 0.25) is 5.02 Å². The molecule has 0 spiro atoms. The number of nitrogens with one attached hydrogen (secondary N) is 1. The van der Waals surface area contributed by atoms with Gasteiger partial charge in [-0.2, -0.15) is 0 Å². The second-order valence-electron chi connectivity index (χ2n) is 8.02. The van der Waals surface area contributed by atoms with E-state index in [0.29, 0.717) is 29.1 Å². The van der Waals surface area contributed by atoms with Gasteiger partial charge in [-0.15, -0.1) is 0 Å². The summed E-state index contributed by atoms with van der Waals surface area (Å²) in [5.74, 6) is -1.31. The lowest BCUT2D eigenvalue weighted by Gasteiger charge is -2.33. The molecule has 0 unspecified atom stereocenters. The first-order chi connectivity index (χ1) is 16.0. The molecule has 0 radical (unpaired) electrons. The van der Waals surface area contributed by atoms with Crippen LogP contribution >= 0.6 is 11.6 Å². The lowest BCUT2D eigenvalue weighted by atomic mass is 10.1. The fraction of sp³-hybridized carbons (Fsp3) is 0.417. The third-order valence-electron chi connectivity index (χ3n) is 5.39. The van der Waals surface area contributed by atoms with Gasteiger partial charge < -0.3 is 10.2 Å². The molecule has 0 saturated carbocycles. The quantitative estimate of drug-likeness (QED) is 0.496. The molecule has 0 aliphatic carbocycles. The summed E-state index contributed by atoms with van der Waals surface area (Å²) in [5, 5.41) is 3.17. The maximum absolute atomic E-state index is 13.6. The minimum absolute atomic E-state index is 0.0172. The number of halogens is 2. The van der Waals surface area contributed by atoms with Gasteiger partial charge >= 0.3 is 0 Å². The topological polar surface area (TPSA) is 86.8 Å². The SMILES string of the molecule is CCCNC(=O)[C@@H](CC)N(Cc1ccc(F)cc1)C(=O)CN(c1cccc(Cl)c1C)S(C)(=O)=O. The summed E-state index contributed by atoms with van der Waals surface area (Å²) in [6.45, 7) is 5.31. The van der Waals surface area contributed by atoms with Gasteiger partial charge in [0, 0.05) is 18.1 Å². The van der Waals surface area contributed by atoms with E-state index < -0.39 is 34.3 Å². The molecule has 2 amide bonds. The van der Waals surface area contributed by atoms with Crippen molar-refractivity contribution >= 4 is 39.1 Å². The molecular weight excluding hydrogens is 481 g/mol. The van der Waals surface area contributed by atoms with E-state index in [1.165, 1.54) is 29.2 Å². The fourth-order valence-corrected chi connectivity index (χ4v) is 4.60. The van der Waals surface area contributed by atoms with E-state index in [2.05, 4.69) is 5.32 Å². The Balaban J connectivity index is 2.46. The zero-order valence-electron chi connectivity index (χ0n) is 19.8. The van der Waals surface area contributed by atoms with Crippen molar-refractivity contribution in [3.8, 4) is 0 Å². The lowest BCUT2D eigenvalue weighted by Crippen LogP contribution is -2.52. The first kappa shape index (κ1) is 27.6. The van der Waals surface area contributed by atoms with Crippen molar-refractivity contribution in [1.29, 1.82) is 0 Å². The third-order valence-corrected chi connectivity index (χ3v) is 6.92. The van der Waals surface area contributed by atoms with Crippen molar-refractivity contribution in [2.45, 2.75) is 46.2 Å². The molecule has 1 atom stereocenters. The van der Waals surface area contributed by atoms with Gasteiger partial charge in [0.2, 0.25) is 21.8 Å². The Morgan fingerprint density at radius 2 is 1.76 bits per heavy atom. The highest BCUT2D eigenvalue weighted by atomic mass is 35.5. The number of benzene rings is 2. The molecule has 10 heteroatoms. The highest BCUT2D eigenvalue weighted by molar-refractivity contribution is 7.92. The van der Waals surface area contributed by atoms with Crippen LogP contribution in [0.4, 0.5) is 10.1 Å². The predicted molar refractivity (Wildman–Crippen MR) is 133 cm³/mol. The van der Waals surface area contributed by atoms with E-state index in [-0.39, 0.29) is 18.1 Å². The number of hydrogen-bond donors (Lipinski definition) is 1. The van der Waals surface area contributed by atoms with Crippen molar-refractivity contribution in [2.75, 3.05) is 23.7 Å². The molecule has 0 heterocycles. The predicted octanol–water partition coefficient (Wildman–Crippen LogP) is 3.89. The first-order valence-corrected chi connectivity index (χ1v) is 13.3. The van der Waals surface area contributed by atoms with Gasteiger partial charge in [0.25, 0.3) is 0 Å². The number of hydrogen-bond acceptors (Lipinski definition) is 4. The number of sulfonamides is 1. The van der Waals surface area contributed by atoms with Crippen LogP contribution in [0.1, 0.15) is 37.8 Å². The zero-order chi connectivity index (χ0) is 25.5. The monoisotopic (exact) mass is 511 g/mol. The number of carbonyl (C=O) groups excluding carboxylic acids is 2. The standard InChI is InChI=1S/C24H31ClFN3O4S/c1-5-14-27-24(31)21(6-2)28(15-18-10-12-19(26)13-11-18)23(30)16-29(34(4,32)33)22-9-7-8-20(25)17(22)3/h7-13,21H,5-6,14-16H2,1-4H3,(H,27,31)/t21-/m1/s1. The summed E-state index contributed by atoms with van der Waals surface area (Å²) in [4.78, 5) is 27.8. The smallest absolute Gasteiger partial charge is 0.244 e. The molecule has 0 aliphatic rings. The number of amides is 2. The normalized spacial score (nSPS) is 12.2. The molecule has 0 aromatic heterocycles. The second-order valence-corrected chi connectivity index (χ2v) is 10.3. The van der Waals surface area contributed by atoms with Crippen LogP contribution < -0.4 is 9.62 Å². The van der Waals surface area contributed by atoms with Crippen LogP contribution in [0.25, 0.3) is 0 Å². The fourth-order valence-electron chi connectivity index (χ4n) is 3.53. The van der Waals surface area contributed by atoms with Crippen molar-refractivity contribution in [3.05, 3.63) is 64.4 Å². The van der Waals surface area contributed by atoms with Gasteiger partial charge in [0.15, 0.2) is 0 Å². The Hall–Kier alpha value is -2.65. The third kappa shape index (κ3) is 7.17. The number of rotatable bonds is 11. The average Bonchev–Trinajstić information content (AvgIpc) is 2.78. The summed E-state index contributed by atoms with van der Waals surface area (Å²) in [6.07, 6.45) is 2.05. The Labute approximate surface area is 205 Å². The van der Waals surface area contributed by atoms with Gasteiger partial charge in [-0.05, 0) is 55.2 Å². The van der Waals surface area contributed by atoms with Gasteiger partial charge in [0.05, 0.1) is 11.9 Å². The van der Waals surface area contributed by atoms with E-state index in [1.807, 2.05) is 6.92 Å². The summed E-state index contributed by atoms with van der Waals surface area (Å²) in [7, 11) is -3.85. The molecule has 0 saturated heterocycles. The van der Waals surface area contributed by atoms with Gasteiger partial charge in [-0.3, -0.25) is 13.9 Å². The van der Waals surface area contributed by atoms with E-state index in [9.17, 15) is 22.4 Å². The summed E-state index contributed by atoms with van der Waals surface area (Å²) >= 11 is 6.19. The van der Waals surface area contributed by atoms with Gasteiger partial charge in [0.1, 0.15) is 18.4 Å². The van der Waals surface area contributed by atoms with Crippen molar-refractivity contribution in [3.63, 3.8) is 0 Å². The van der Waals surface area contributed by atoms with E-state index in [1.54, 1.807) is 32.0 Å². The molecule has 0 bridgehead atoms.